The lowest BCUT2D eigenvalue weighted by Gasteiger charge is -2.26. The second-order valence-electron chi connectivity index (χ2n) is 5.94. The van der Waals surface area contributed by atoms with Gasteiger partial charge in [-0.3, -0.25) is 9.69 Å². The van der Waals surface area contributed by atoms with Gasteiger partial charge < -0.3 is 4.90 Å². The maximum Gasteiger partial charge on any atom is 0.239 e. The number of amides is 1. The lowest BCUT2D eigenvalue weighted by molar-refractivity contribution is -0.128. The van der Waals surface area contributed by atoms with Crippen LogP contribution in [0.25, 0.3) is 0 Å². The van der Waals surface area contributed by atoms with E-state index in [1.165, 1.54) is 12.6 Å². The SMILES string of the molecule is CNS(=O)(=O)CC(=O)N1CC[C@H](C)N(Cc2ccccc2)CC1. The molecule has 2 rings (SSSR count). The zero-order valence-corrected chi connectivity index (χ0v) is 14.6. The van der Waals surface area contributed by atoms with Gasteiger partial charge in [-0.15, -0.1) is 0 Å². The second-order valence-corrected chi connectivity index (χ2v) is 7.86. The van der Waals surface area contributed by atoms with Gasteiger partial charge in [-0.25, -0.2) is 13.1 Å². The highest BCUT2D eigenvalue weighted by molar-refractivity contribution is 7.90. The lowest BCUT2D eigenvalue weighted by Crippen LogP contribution is -2.40. The summed E-state index contributed by atoms with van der Waals surface area (Å²) in [6.45, 7) is 4.92. The summed E-state index contributed by atoms with van der Waals surface area (Å²) in [5, 5.41) is 0. The molecule has 0 spiro atoms. The van der Waals surface area contributed by atoms with Gasteiger partial charge in [0.25, 0.3) is 0 Å². The summed E-state index contributed by atoms with van der Waals surface area (Å²) in [7, 11) is -2.18. The van der Waals surface area contributed by atoms with E-state index in [2.05, 4.69) is 28.7 Å². The Hall–Kier alpha value is -1.44. The quantitative estimate of drug-likeness (QED) is 0.856. The molecule has 1 fully saturated rings. The van der Waals surface area contributed by atoms with Crippen molar-refractivity contribution >= 4 is 15.9 Å². The summed E-state index contributed by atoms with van der Waals surface area (Å²) in [6.07, 6.45) is 0.845. The second kappa shape index (κ2) is 7.90. The molecule has 1 aliphatic heterocycles. The maximum absolute atomic E-state index is 12.2. The van der Waals surface area contributed by atoms with Crippen LogP contribution < -0.4 is 4.72 Å². The summed E-state index contributed by atoms with van der Waals surface area (Å²) in [6, 6.07) is 10.6. The van der Waals surface area contributed by atoms with Crippen LogP contribution in [0, 0.1) is 0 Å². The normalized spacial score (nSPS) is 20.3. The maximum atomic E-state index is 12.2. The Morgan fingerprint density at radius 2 is 1.91 bits per heavy atom. The Morgan fingerprint density at radius 3 is 2.57 bits per heavy atom. The number of nitrogens with zero attached hydrogens (tertiary/aromatic N) is 2. The number of hydrogen-bond donors (Lipinski definition) is 1. The van der Waals surface area contributed by atoms with E-state index in [0.717, 1.165) is 19.5 Å². The Morgan fingerprint density at radius 1 is 1.22 bits per heavy atom. The van der Waals surface area contributed by atoms with Crippen LogP contribution in [0.15, 0.2) is 30.3 Å². The Kier molecular flexibility index (Phi) is 6.15. The molecular formula is C16H25N3O3S. The largest absolute Gasteiger partial charge is 0.340 e. The van der Waals surface area contributed by atoms with Gasteiger partial charge in [0.1, 0.15) is 5.75 Å². The zero-order chi connectivity index (χ0) is 16.9. The monoisotopic (exact) mass is 339 g/mol. The molecule has 23 heavy (non-hydrogen) atoms. The van der Waals surface area contributed by atoms with Crippen molar-refractivity contribution in [3.05, 3.63) is 35.9 Å². The predicted octanol–water partition coefficient (Wildman–Crippen LogP) is 0.659. The smallest absolute Gasteiger partial charge is 0.239 e. The van der Waals surface area contributed by atoms with Crippen molar-refractivity contribution in [2.75, 3.05) is 32.4 Å². The van der Waals surface area contributed by atoms with Gasteiger partial charge in [-0.2, -0.15) is 0 Å². The van der Waals surface area contributed by atoms with Gasteiger partial charge in [0, 0.05) is 32.2 Å². The summed E-state index contributed by atoms with van der Waals surface area (Å²) in [5.41, 5.74) is 1.25. The molecule has 1 aliphatic rings. The third kappa shape index (κ3) is 5.30. The van der Waals surface area contributed by atoms with E-state index in [1.807, 2.05) is 18.2 Å². The number of rotatable bonds is 5. The predicted molar refractivity (Wildman–Crippen MR) is 90.4 cm³/mol. The molecule has 0 aliphatic carbocycles. The zero-order valence-electron chi connectivity index (χ0n) is 13.7. The minimum Gasteiger partial charge on any atom is -0.340 e. The number of sulfonamides is 1. The molecule has 0 radical (unpaired) electrons. The van der Waals surface area contributed by atoms with Crippen LogP contribution >= 0.6 is 0 Å². The molecule has 6 nitrogen and oxygen atoms in total. The van der Waals surface area contributed by atoms with Crippen molar-refractivity contribution in [3.8, 4) is 0 Å². The summed E-state index contributed by atoms with van der Waals surface area (Å²) < 4.78 is 25.3. The van der Waals surface area contributed by atoms with Gasteiger partial charge in [0.2, 0.25) is 15.9 Å². The van der Waals surface area contributed by atoms with Crippen LogP contribution in [0.2, 0.25) is 0 Å². The molecule has 0 saturated carbocycles. The molecule has 0 unspecified atom stereocenters. The number of nitrogens with one attached hydrogen (secondary N) is 1. The topological polar surface area (TPSA) is 69.7 Å². The number of benzene rings is 1. The third-order valence-electron chi connectivity index (χ3n) is 4.30. The number of carbonyl (C=O) groups is 1. The van der Waals surface area contributed by atoms with Gasteiger partial charge >= 0.3 is 0 Å². The van der Waals surface area contributed by atoms with E-state index < -0.39 is 15.8 Å². The Balaban J connectivity index is 1.96. The first-order valence-corrected chi connectivity index (χ1v) is 9.53. The molecule has 1 N–H and O–H groups in total. The Labute approximate surface area is 138 Å². The minimum absolute atomic E-state index is 0.326. The van der Waals surface area contributed by atoms with Crippen molar-refractivity contribution in [2.45, 2.75) is 25.9 Å². The molecule has 1 aromatic carbocycles. The van der Waals surface area contributed by atoms with Crippen LogP contribution in [0.3, 0.4) is 0 Å². The van der Waals surface area contributed by atoms with Crippen LogP contribution in [0.5, 0.6) is 0 Å². The van der Waals surface area contributed by atoms with Gasteiger partial charge in [0.05, 0.1) is 0 Å². The van der Waals surface area contributed by atoms with Crippen LogP contribution in [0.1, 0.15) is 18.9 Å². The molecule has 128 valence electrons. The molecular weight excluding hydrogens is 314 g/mol. The number of hydrogen-bond acceptors (Lipinski definition) is 4. The van der Waals surface area contributed by atoms with E-state index in [4.69, 9.17) is 0 Å². The minimum atomic E-state index is -3.51. The van der Waals surface area contributed by atoms with Gasteiger partial charge in [-0.1, -0.05) is 30.3 Å². The number of carbonyl (C=O) groups excluding carboxylic acids is 1. The van der Waals surface area contributed by atoms with Crippen molar-refractivity contribution in [1.29, 1.82) is 0 Å². The van der Waals surface area contributed by atoms with Crippen molar-refractivity contribution < 1.29 is 13.2 Å². The van der Waals surface area contributed by atoms with E-state index >= 15 is 0 Å². The average Bonchev–Trinajstić information content (AvgIpc) is 2.71. The van der Waals surface area contributed by atoms with Crippen LogP contribution in [-0.2, 0) is 21.4 Å². The third-order valence-corrected chi connectivity index (χ3v) is 5.55. The van der Waals surface area contributed by atoms with Crippen LogP contribution in [-0.4, -0.2) is 62.6 Å². The van der Waals surface area contributed by atoms with Crippen molar-refractivity contribution in [3.63, 3.8) is 0 Å². The summed E-state index contributed by atoms with van der Waals surface area (Å²) >= 11 is 0. The first-order chi connectivity index (χ1) is 10.9. The summed E-state index contributed by atoms with van der Waals surface area (Å²) in [4.78, 5) is 16.2. The van der Waals surface area contributed by atoms with Gasteiger partial charge in [-0.05, 0) is 26.0 Å². The standard InChI is InChI=1S/C16H25N3O3S/c1-14-8-9-18(16(20)13-23(21,22)17-2)10-11-19(14)12-15-6-4-3-5-7-15/h3-7,14,17H,8-13H2,1-2H3/t14-/m0/s1. The van der Waals surface area contributed by atoms with Crippen molar-refractivity contribution in [1.82, 2.24) is 14.5 Å². The van der Waals surface area contributed by atoms with E-state index in [0.29, 0.717) is 19.1 Å². The highest BCUT2D eigenvalue weighted by atomic mass is 32.2. The lowest BCUT2D eigenvalue weighted by atomic mass is 10.1. The molecule has 0 aromatic heterocycles. The van der Waals surface area contributed by atoms with Crippen LogP contribution in [0.4, 0.5) is 0 Å². The fourth-order valence-electron chi connectivity index (χ4n) is 2.73. The molecule has 1 heterocycles. The molecule has 0 bridgehead atoms. The van der Waals surface area contributed by atoms with Gasteiger partial charge in [0.15, 0.2) is 0 Å². The highest BCUT2D eigenvalue weighted by Gasteiger charge is 2.26. The fourth-order valence-corrected chi connectivity index (χ4v) is 3.39. The first-order valence-electron chi connectivity index (χ1n) is 7.88. The van der Waals surface area contributed by atoms with Crippen molar-refractivity contribution in [2.24, 2.45) is 0 Å². The van der Waals surface area contributed by atoms with E-state index in [-0.39, 0.29) is 5.91 Å². The highest BCUT2D eigenvalue weighted by Crippen LogP contribution is 2.15. The first kappa shape index (κ1) is 17.9. The molecule has 1 saturated heterocycles. The average molecular weight is 339 g/mol. The molecule has 1 atom stereocenters. The molecule has 1 amide bonds. The Bertz CT molecular complexity index is 619. The van der Waals surface area contributed by atoms with E-state index in [9.17, 15) is 13.2 Å². The van der Waals surface area contributed by atoms with E-state index in [1.54, 1.807) is 4.90 Å². The molecule has 7 heteroatoms. The fraction of sp³-hybridized carbons (Fsp3) is 0.562. The molecule has 1 aromatic rings. The summed E-state index contributed by atoms with van der Waals surface area (Å²) in [5.74, 6) is -0.801.